The molecule has 0 unspecified atom stereocenters. The first kappa shape index (κ1) is 18.0. The standard InChI is InChI=1S/C16H14BrCl2NO3/c1-2-5-20-10(8-14(21)22)7-11(17)15(20)16(23)9-3-4-12(18)13(19)6-9/h3-4,6-7H,2,5,8H2,1H3,(H,21,22). The number of carbonyl (C=O) groups excluding carboxylic acids is 1. The van der Waals surface area contributed by atoms with Gasteiger partial charge in [-0.3, -0.25) is 9.59 Å². The molecule has 1 N–H and O–H groups in total. The molecule has 23 heavy (non-hydrogen) atoms. The molecule has 0 aliphatic heterocycles. The highest BCUT2D eigenvalue weighted by molar-refractivity contribution is 9.10. The minimum atomic E-state index is -0.944. The number of hydrogen-bond donors (Lipinski definition) is 1. The number of carbonyl (C=O) groups is 2. The van der Waals surface area contributed by atoms with Crippen molar-refractivity contribution in [3.05, 3.63) is 55.7 Å². The van der Waals surface area contributed by atoms with Gasteiger partial charge in [0, 0.05) is 22.3 Å². The Balaban J connectivity index is 2.52. The third kappa shape index (κ3) is 3.97. The average molecular weight is 419 g/mol. The highest BCUT2D eigenvalue weighted by Gasteiger charge is 2.22. The summed E-state index contributed by atoms with van der Waals surface area (Å²) in [4.78, 5) is 23.8. The predicted octanol–water partition coefficient (Wildman–Crippen LogP) is 4.83. The molecule has 0 saturated heterocycles. The lowest BCUT2D eigenvalue weighted by atomic mass is 10.1. The summed E-state index contributed by atoms with van der Waals surface area (Å²) in [6.07, 6.45) is 0.628. The number of hydrogen-bond acceptors (Lipinski definition) is 2. The third-order valence-electron chi connectivity index (χ3n) is 3.31. The number of rotatable bonds is 6. The summed E-state index contributed by atoms with van der Waals surface area (Å²) in [5, 5.41) is 9.71. The summed E-state index contributed by atoms with van der Waals surface area (Å²) in [5.41, 5.74) is 1.40. The molecule has 0 amide bonds. The van der Waals surface area contributed by atoms with E-state index in [0.29, 0.717) is 38.0 Å². The second-order valence-electron chi connectivity index (χ2n) is 5.01. The highest BCUT2D eigenvalue weighted by atomic mass is 79.9. The van der Waals surface area contributed by atoms with Crippen molar-refractivity contribution in [2.45, 2.75) is 26.3 Å². The van der Waals surface area contributed by atoms with Gasteiger partial charge in [0.25, 0.3) is 0 Å². The van der Waals surface area contributed by atoms with E-state index in [4.69, 9.17) is 28.3 Å². The molecular formula is C16H14BrCl2NO3. The summed E-state index contributed by atoms with van der Waals surface area (Å²) in [7, 11) is 0. The summed E-state index contributed by atoms with van der Waals surface area (Å²) < 4.78 is 2.31. The Kier molecular flexibility index (Phi) is 5.89. The minimum absolute atomic E-state index is 0.146. The van der Waals surface area contributed by atoms with E-state index in [2.05, 4.69) is 15.9 Å². The maximum absolute atomic E-state index is 12.8. The van der Waals surface area contributed by atoms with E-state index in [9.17, 15) is 9.59 Å². The maximum atomic E-state index is 12.8. The maximum Gasteiger partial charge on any atom is 0.309 e. The number of aromatic nitrogens is 1. The first-order valence-corrected chi connectivity index (χ1v) is 8.49. The highest BCUT2D eigenvalue weighted by Crippen LogP contribution is 2.28. The molecule has 7 heteroatoms. The van der Waals surface area contributed by atoms with Crippen LogP contribution in [0.25, 0.3) is 0 Å². The van der Waals surface area contributed by atoms with Crippen LogP contribution in [0.5, 0.6) is 0 Å². The van der Waals surface area contributed by atoms with Gasteiger partial charge in [-0.25, -0.2) is 0 Å². The first-order chi connectivity index (χ1) is 10.8. The van der Waals surface area contributed by atoms with Crippen LogP contribution in [0.1, 0.15) is 35.1 Å². The fourth-order valence-corrected chi connectivity index (χ4v) is 3.31. The molecule has 0 spiro atoms. The van der Waals surface area contributed by atoms with Crippen LogP contribution in [0.15, 0.2) is 28.7 Å². The Labute approximate surface area is 152 Å². The van der Waals surface area contributed by atoms with E-state index in [0.717, 1.165) is 6.42 Å². The van der Waals surface area contributed by atoms with E-state index in [-0.39, 0.29) is 12.2 Å². The van der Waals surface area contributed by atoms with Crippen LogP contribution in [-0.4, -0.2) is 21.4 Å². The Bertz CT molecular complexity index is 771. The molecule has 1 aromatic heterocycles. The topological polar surface area (TPSA) is 59.3 Å². The van der Waals surface area contributed by atoms with Gasteiger partial charge >= 0.3 is 5.97 Å². The molecule has 1 heterocycles. The van der Waals surface area contributed by atoms with Crippen molar-refractivity contribution in [1.29, 1.82) is 0 Å². The van der Waals surface area contributed by atoms with Crippen LogP contribution in [-0.2, 0) is 17.8 Å². The number of carboxylic acid groups (broad SMARTS) is 1. The van der Waals surface area contributed by atoms with Gasteiger partial charge in [0.05, 0.1) is 16.5 Å². The molecule has 1 aromatic carbocycles. The zero-order chi connectivity index (χ0) is 17.1. The van der Waals surface area contributed by atoms with Gasteiger partial charge in [0.1, 0.15) is 5.69 Å². The average Bonchev–Trinajstić information content (AvgIpc) is 2.76. The Hall–Kier alpha value is -1.30. The second-order valence-corrected chi connectivity index (χ2v) is 6.68. The minimum Gasteiger partial charge on any atom is -0.481 e. The molecule has 0 aliphatic carbocycles. The van der Waals surface area contributed by atoms with Crippen molar-refractivity contribution in [2.24, 2.45) is 0 Å². The predicted molar refractivity (Wildman–Crippen MR) is 93.7 cm³/mol. The van der Waals surface area contributed by atoms with E-state index in [1.807, 2.05) is 6.92 Å². The van der Waals surface area contributed by atoms with Crippen molar-refractivity contribution in [1.82, 2.24) is 4.57 Å². The molecule has 0 atom stereocenters. The van der Waals surface area contributed by atoms with E-state index in [1.165, 1.54) is 6.07 Å². The molecule has 4 nitrogen and oxygen atoms in total. The van der Waals surface area contributed by atoms with Gasteiger partial charge < -0.3 is 9.67 Å². The smallest absolute Gasteiger partial charge is 0.309 e. The van der Waals surface area contributed by atoms with E-state index in [1.54, 1.807) is 22.8 Å². The SMILES string of the molecule is CCCn1c(CC(=O)O)cc(Br)c1C(=O)c1ccc(Cl)c(Cl)c1. The van der Waals surface area contributed by atoms with E-state index >= 15 is 0 Å². The quantitative estimate of drug-likeness (QED) is 0.683. The van der Waals surface area contributed by atoms with Crippen LogP contribution in [0.3, 0.4) is 0 Å². The first-order valence-electron chi connectivity index (χ1n) is 6.94. The van der Waals surface area contributed by atoms with Crippen LogP contribution in [0, 0.1) is 0 Å². The molecule has 122 valence electrons. The number of benzene rings is 1. The largest absolute Gasteiger partial charge is 0.481 e. The molecule has 0 radical (unpaired) electrons. The molecule has 0 fully saturated rings. The van der Waals surface area contributed by atoms with Crippen molar-refractivity contribution in [2.75, 3.05) is 0 Å². The van der Waals surface area contributed by atoms with Gasteiger partial charge in [-0.1, -0.05) is 30.1 Å². The van der Waals surface area contributed by atoms with Gasteiger partial charge in [-0.05, 0) is 46.6 Å². The van der Waals surface area contributed by atoms with Crippen LogP contribution < -0.4 is 0 Å². The van der Waals surface area contributed by atoms with Gasteiger partial charge in [0.2, 0.25) is 5.78 Å². The summed E-state index contributed by atoms with van der Waals surface area (Å²) in [6.45, 7) is 2.52. The fourth-order valence-electron chi connectivity index (χ4n) is 2.35. The Morgan fingerprint density at radius 1 is 1.22 bits per heavy atom. The summed E-state index contributed by atoms with van der Waals surface area (Å²) in [5.74, 6) is -1.18. The van der Waals surface area contributed by atoms with Crippen molar-refractivity contribution in [3.8, 4) is 0 Å². The molecule has 2 rings (SSSR count). The normalized spacial score (nSPS) is 10.8. The monoisotopic (exact) mass is 417 g/mol. The van der Waals surface area contributed by atoms with Crippen molar-refractivity contribution in [3.63, 3.8) is 0 Å². The van der Waals surface area contributed by atoms with Gasteiger partial charge in [-0.2, -0.15) is 0 Å². The van der Waals surface area contributed by atoms with Crippen LogP contribution in [0.2, 0.25) is 10.0 Å². The van der Waals surface area contributed by atoms with Gasteiger partial charge in [-0.15, -0.1) is 0 Å². The van der Waals surface area contributed by atoms with Gasteiger partial charge in [0.15, 0.2) is 0 Å². The Morgan fingerprint density at radius 3 is 2.48 bits per heavy atom. The van der Waals surface area contributed by atoms with Crippen molar-refractivity contribution < 1.29 is 14.7 Å². The zero-order valence-electron chi connectivity index (χ0n) is 12.3. The second kappa shape index (κ2) is 7.51. The van der Waals surface area contributed by atoms with E-state index < -0.39 is 5.97 Å². The third-order valence-corrected chi connectivity index (χ3v) is 4.66. The zero-order valence-corrected chi connectivity index (χ0v) is 15.4. The molecular weight excluding hydrogens is 405 g/mol. The number of aliphatic carboxylic acids is 1. The molecule has 0 bridgehead atoms. The number of nitrogens with zero attached hydrogens (tertiary/aromatic N) is 1. The van der Waals surface area contributed by atoms with Crippen LogP contribution in [0.4, 0.5) is 0 Å². The Morgan fingerprint density at radius 2 is 1.91 bits per heavy atom. The fraction of sp³-hybridized carbons (Fsp3) is 0.250. The number of carboxylic acids is 1. The van der Waals surface area contributed by atoms with Crippen molar-refractivity contribution >= 4 is 50.9 Å². The summed E-state index contributed by atoms with van der Waals surface area (Å²) >= 11 is 15.2. The lowest BCUT2D eigenvalue weighted by Gasteiger charge is -2.12. The molecule has 2 aromatic rings. The summed E-state index contributed by atoms with van der Waals surface area (Å²) in [6, 6.07) is 6.35. The lowest BCUT2D eigenvalue weighted by molar-refractivity contribution is -0.136. The number of halogens is 3. The van der Waals surface area contributed by atoms with Crippen LogP contribution >= 0.6 is 39.1 Å². The number of ketones is 1. The molecule has 0 saturated carbocycles. The molecule has 0 aliphatic rings. The lowest BCUT2D eigenvalue weighted by Crippen LogP contribution is -2.15.